The zero-order valence-corrected chi connectivity index (χ0v) is 13.2. The van der Waals surface area contributed by atoms with Crippen molar-refractivity contribution in [3.8, 4) is 5.75 Å². The van der Waals surface area contributed by atoms with E-state index in [2.05, 4.69) is 10.6 Å². The van der Waals surface area contributed by atoms with Crippen LogP contribution in [0.4, 0.5) is 18.9 Å². The van der Waals surface area contributed by atoms with Gasteiger partial charge in [-0.15, -0.1) is 0 Å². The number of rotatable bonds is 5. The molecule has 25 heavy (non-hydrogen) atoms. The van der Waals surface area contributed by atoms with E-state index in [-0.39, 0.29) is 11.6 Å². The van der Waals surface area contributed by atoms with E-state index in [1.807, 2.05) is 0 Å². The zero-order valence-electron chi connectivity index (χ0n) is 13.2. The minimum Gasteiger partial charge on any atom is -0.484 e. The monoisotopic (exact) mass is 352 g/mol. The fraction of sp³-hybridized carbons (Fsp3) is 0.176. The van der Waals surface area contributed by atoms with Crippen molar-refractivity contribution in [3.63, 3.8) is 0 Å². The Morgan fingerprint density at radius 2 is 1.80 bits per heavy atom. The molecular weight excluding hydrogens is 337 g/mol. The third-order valence-corrected chi connectivity index (χ3v) is 3.17. The zero-order chi connectivity index (χ0) is 18.4. The van der Waals surface area contributed by atoms with Crippen LogP contribution in [0.5, 0.6) is 5.75 Å². The number of carbonyl (C=O) groups is 2. The van der Waals surface area contributed by atoms with Gasteiger partial charge in [-0.2, -0.15) is 13.2 Å². The number of benzene rings is 2. The smallest absolute Gasteiger partial charge is 0.416 e. The van der Waals surface area contributed by atoms with Gasteiger partial charge in [0, 0.05) is 18.3 Å². The van der Waals surface area contributed by atoms with Gasteiger partial charge in [0.25, 0.3) is 11.8 Å². The van der Waals surface area contributed by atoms with E-state index < -0.39 is 24.3 Å². The van der Waals surface area contributed by atoms with Crippen LogP contribution in [-0.2, 0) is 11.0 Å². The predicted molar refractivity (Wildman–Crippen MR) is 85.4 cm³/mol. The van der Waals surface area contributed by atoms with Gasteiger partial charge in [0.2, 0.25) is 0 Å². The number of amides is 2. The van der Waals surface area contributed by atoms with E-state index in [1.54, 1.807) is 18.2 Å². The number of ether oxygens (including phenoxy) is 1. The van der Waals surface area contributed by atoms with Gasteiger partial charge in [-0.3, -0.25) is 9.59 Å². The molecule has 0 fully saturated rings. The van der Waals surface area contributed by atoms with Gasteiger partial charge >= 0.3 is 6.18 Å². The Balaban J connectivity index is 1.96. The Hall–Kier alpha value is -3.03. The molecule has 0 spiro atoms. The van der Waals surface area contributed by atoms with Crippen molar-refractivity contribution in [2.24, 2.45) is 0 Å². The average Bonchev–Trinajstić information content (AvgIpc) is 2.59. The first kappa shape index (κ1) is 18.3. The summed E-state index contributed by atoms with van der Waals surface area (Å²) < 4.78 is 43.2. The van der Waals surface area contributed by atoms with Crippen LogP contribution < -0.4 is 15.4 Å². The maximum absolute atomic E-state index is 12.6. The van der Waals surface area contributed by atoms with Crippen LogP contribution in [0.1, 0.15) is 15.9 Å². The van der Waals surface area contributed by atoms with Crippen molar-refractivity contribution in [2.45, 2.75) is 6.18 Å². The highest BCUT2D eigenvalue weighted by Gasteiger charge is 2.30. The summed E-state index contributed by atoms with van der Waals surface area (Å²) in [7, 11) is 1.48. The maximum atomic E-state index is 12.6. The maximum Gasteiger partial charge on any atom is 0.416 e. The summed E-state index contributed by atoms with van der Waals surface area (Å²) in [6, 6.07) is 10.5. The summed E-state index contributed by atoms with van der Waals surface area (Å²) in [5.74, 6) is -0.635. The Kier molecular flexibility index (Phi) is 5.63. The van der Waals surface area contributed by atoms with E-state index in [9.17, 15) is 22.8 Å². The summed E-state index contributed by atoms with van der Waals surface area (Å²) in [5, 5.41) is 4.79. The van der Waals surface area contributed by atoms with Crippen LogP contribution in [0, 0.1) is 0 Å². The summed E-state index contributed by atoms with van der Waals surface area (Å²) >= 11 is 0. The van der Waals surface area contributed by atoms with Crippen molar-refractivity contribution < 1.29 is 27.5 Å². The molecule has 2 amide bonds. The molecule has 5 nitrogen and oxygen atoms in total. The van der Waals surface area contributed by atoms with E-state index in [0.717, 1.165) is 12.1 Å². The van der Waals surface area contributed by atoms with Crippen LogP contribution in [0.25, 0.3) is 0 Å². The summed E-state index contributed by atoms with van der Waals surface area (Å²) in [6.07, 6.45) is -4.49. The fourth-order valence-corrected chi connectivity index (χ4v) is 1.99. The molecular formula is C17H15F3N2O3. The first-order chi connectivity index (χ1) is 11.8. The minimum atomic E-state index is -4.49. The molecule has 0 aliphatic carbocycles. The Morgan fingerprint density at radius 1 is 1.08 bits per heavy atom. The van der Waals surface area contributed by atoms with Crippen molar-refractivity contribution >= 4 is 17.5 Å². The van der Waals surface area contributed by atoms with Gasteiger partial charge in [0.1, 0.15) is 5.75 Å². The topological polar surface area (TPSA) is 67.4 Å². The summed E-state index contributed by atoms with van der Waals surface area (Å²) in [5.41, 5.74) is -0.481. The second kappa shape index (κ2) is 7.69. The molecule has 0 aromatic heterocycles. The third kappa shape index (κ3) is 5.23. The van der Waals surface area contributed by atoms with Crippen LogP contribution in [0.15, 0.2) is 48.5 Å². The average molecular weight is 352 g/mol. The number of anilines is 1. The number of halogens is 3. The number of nitrogens with one attached hydrogen (secondary N) is 2. The number of carbonyl (C=O) groups excluding carboxylic acids is 2. The van der Waals surface area contributed by atoms with E-state index in [1.165, 1.54) is 25.2 Å². The fourth-order valence-electron chi connectivity index (χ4n) is 1.99. The summed E-state index contributed by atoms with van der Waals surface area (Å²) in [6.45, 7) is -0.409. The second-order valence-corrected chi connectivity index (χ2v) is 5.02. The van der Waals surface area contributed by atoms with Gasteiger partial charge in [-0.1, -0.05) is 12.1 Å². The highest BCUT2D eigenvalue weighted by molar-refractivity contribution is 5.94. The summed E-state index contributed by atoms with van der Waals surface area (Å²) in [4.78, 5) is 23.3. The molecule has 0 bridgehead atoms. The van der Waals surface area contributed by atoms with E-state index in [4.69, 9.17) is 4.74 Å². The van der Waals surface area contributed by atoms with Crippen molar-refractivity contribution in [3.05, 3.63) is 59.7 Å². The van der Waals surface area contributed by atoms with Gasteiger partial charge < -0.3 is 15.4 Å². The largest absolute Gasteiger partial charge is 0.484 e. The molecule has 0 saturated carbocycles. The van der Waals surface area contributed by atoms with Gasteiger partial charge in [-0.25, -0.2) is 0 Å². The lowest BCUT2D eigenvalue weighted by Gasteiger charge is -2.11. The molecule has 2 aromatic rings. The van der Waals surface area contributed by atoms with Crippen LogP contribution >= 0.6 is 0 Å². The number of hydrogen-bond acceptors (Lipinski definition) is 3. The third-order valence-electron chi connectivity index (χ3n) is 3.17. The lowest BCUT2D eigenvalue weighted by molar-refractivity contribution is -0.137. The molecule has 2 rings (SSSR count). The number of hydrogen-bond donors (Lipinski definition) is 2. The van der Waals surface area contributed by atoms with Crippen LogP contribution in [0.3, 0.4) is 0 Å². The molecule has 8 heteroatoms. The van der Waals surface area contributed by atoms with Gasteiger partial charge in [-0.05, 0) is 36.4 Å². The van der Waals surface area contributed by atoms with Gasteiger partial charge in [0.05, 0.1) is 5.56 Å². The van der Waals surface area contributed by atoms with Gasteiger partial charge in [0.15, 0.2) is 6.61 Å². The molecule has 0 aliphatic rings. The first-order valence-corrected chi connectivity index (χ1v) is 7.21. The van der Waals surface area contributed by atoms with Crippen molar-refractivity contribution in [1.82, 2.24) is 5.32 Å². The number of alkyl halides is 3. The molecule has 2 aromatic carbocycles. The molecule has 0 radical (unpaired) electrons. The lowest BCUT2D eigenvalue weighted by Crippen LogP contribution is -2.21. The SMILES string of the molecule is CNC(=O)c1cccc(OCC(=O)Nc2cccc(C(F)(F)F)c2)c1. The molecule has 0 heterocycles. The molecule has 2 N–H and O–H groups in total. The highest BCUT2D eigenvalue weighted by atomic mass is 19.4. The molecule has 132 valence electrons. The van der Waals surface area contributed by atoms with Crippen molar-refractivity contribution in [1.29, 1.82) is 0 Å². The molecule has 0 saturated heterocycles. The molecule has 0 aliphatic heterocycles. The Bertz CT molecular complexity index is 776. The molecule has 0 unspecified atom stereocenters. The Labute approximate surface area is 141 Å². The molecule has 0 atom stereocenters. The van der Waals surface area contributed by atoms with E-state index >= 15 is 0 Å². The lowest BCUT2D eigenvalue weighted by atomic mass is 10.2. The van der Waals surface area contributed by atoms with Crippen LogP contribution in [-0.4, -0.2) is 25.5 Å². The standard InChI is InChI=1S/C17H15F3N2O3/c1-21-16(24)11-4-2-7-14(8-11)25-10-15(23)22-13-6-3-5-12(9-13)17(18,19)20/h2-9H,10H2,1H3,(H,21,24)(H,22,23). The van der Waals surface area contributed by atoms with Crippen LogP contribution in [0.2, 0.25) is 0 Å². The van der Waals surface area contributed by atoms with Crippen molar-refractivity contribution in [2.75, 3.05) is 19.0 Å². The first-order valence-electron chi connectivity index (χ1n) is 7.21. The Morgan fingerprint density at radius 3 is 2.48 bits per heavy atom. The second-order valence-electron chi connectivity index (χ2n) is 5.02. The van der Waals surface area contributed by atoms with E-state index in [0.29, 0.717) is 11.3 Å². The minimum absolute atomic E-state index is 0.0162. The quantitative estimate of drug-likeness (QED) is 0.869. The predicted octanol–water partition coefficient (Wildman–Crippen LogP) is 3.08. The highest BCUT2D eigenvalue weighted by Crippen LogP contribution is 2.30. The normalized spacial score (nSPS) is 10.9.